The van der Waals surface area contributed by atoms with E-state index in [9.17, 15) is 0 Å². The van der Waals surface area contributed by atoms with Crippen molar-refractivity contribution in [2.45, 2.75) is 19.9 Å². The molecule has 3 aromatic rings. The Morgan fingerprint density at radius 2 is 1.97 bits per heavy atom. The molecule has 0 radical (unpaired) electrons. The van der Waals surface area contributed by atoms with Crippen LogP contribution in [-0.4, -0.2) is 59.1 Å². The fraction of sp³-hybridized carbons (Fsp3) is 0.381. The van der Waals surface area contributed by atoms with Crippen molar-refractivity contribution in [1.82, 2.24) is 19.7 Å². The highest BCUT2D eigenvalue weighted by Gasteiger charge is 2.37. The molecule has 2 aliphatic rings. The maximum Gasteiger partial charge on any atom is 0.232 e. The third-order valence-corrected chi connectivity index (χ3v) is 5.60. The Hall–Kier alpha value is -3.29. The Balaban J connectivity index is 1.36. The molecule has 2 aliphatic heterocycles. The topological polar surface area (TPSA) is 68.5 Å². The van der Waals surface area contributed by atoms with Crippen LogP contribution in [-0.2, 0) is 0 Å². The highest BCUT2D eigenvalue weighted by atomic mass is 16.5. The molecule has 2 aromatic heterocycles. The molecular weight excluding hydrogens is 368 g/mol. The van der Waals surface area contributed by atoms with Crippen LogP contribution in [0.15, 0.2) is 36.5 Å². The van der Waals surface area contributed by atoms with Gasteiger partial charge in [-0.2, -0.15) is 0 Å². The molecular formula is C21H24N6O2. The van der Waals surface area contributed by atoms with Gasteiger partial charge in [-0.1, -0.05) is 6.07 Å². The predicted octanol–water partition coefficient (Wildman–Crippen LogP) is 2.38. The molecule has 0 unspecified atom stereocenters. The average molecular weight is 392 g/mol. The molecule has 5 rings (SSSR count). The highest BCUT2D eigenvalue weighted by molar-refractivity contribution is 5.63. The summed E-state index contributed by atoms with van der Waals surface area (Å²) in [6, 6.07) is 10.7. The number of hydrogen-bond donors (Lipinski definition) is 0. The summed E-state index contributed by atoms with van der Waals surface area (Å²) >= 11 is 0. The van der Waals surface area contributed by atoms with Crippen LogP contribution in [0.5, 0.6) is 11.6 Å². The van der Waals surface area contributed by atoms with Gasteiger partial charge < -0.3 is 19.3 Å². The minimum Gasteiger partial charge on any atom is -0.490 e. The van der Waals surface area contributed by atoms with Gasteiger partial charge in [0.1, 0.15) is 18.2 Å². The third-order valence-electron chi connectivity index (χ3n) is 5.60. The van der Waals surface area contributed by atoms with Gasteiger partial charge in [0.05, 0.1) is 37.3 Å². The molecule has 4 heterocycles. The van der Waals surface area contributed by atoms with Gasteiger partial charge in [0, 0.05) is 19.2 Å². The van der Waals surface area contributed by atoms with Crippen LogP contribution in [0.3, 0.4) is 0 Å². The lowest BCUT2D eigenvalue weighted by Gasteiger charge is -2.48. The van der Waals surface area contributed by atoms with Crippen LogP contribution >= 0.6 is 0 Å². The first kappa shape index (κ1) is 17.8. The zero-order valence-electron chi connectivity index (χ0n) is 16.9. The number of aromatic nitrogens is 4. The van der Waals surface area contributed by atoms with E-state index >= 15 is 0 Å². The van der Waals surface area contributed by atoms with Crippen molar-refractivity contribution in [1.29, 1.82) is 0 Å². The first-order valence-corrected chi connectivity index (χ1v) is 9.81. The van der Waals surface area contributed by atoms with Gasteiger partial charge in [-0.3, -0.25) is 4.57 Å². The Morgan fingerprint density at radius 1 is 1.10 bits per heavy atom. The quantitative estimate of drug-likeness (QED) is 0.675. The van der Waals surface area contributed by atoms with Gasteiger partial charge in [-0.05, 0) is 37.6 Å². The van der Waals surface area contributed by atoms with Crippen LogP contribution in [0.25, 0.3) is 5.69 Å². The number of rotatable bonds is 4. The molecule has 0 N–H and O–H groups in total. The monoisotopic (exact) mass is 392 g/mol. The first-order valence-electron chi connectivity index (χ1n) is 9.81. The molecule has 0 bridgehead atoms. The van der Waals surface area contributed by atoms with Crippen LogP contribution < -0.4 is 19.3 Å². The summed E-state index contributed by atoms with van der Waals surface area (Å²) in [6.45, 7) is 7.47. The molecule has 150 valence electrons. The number of anilines is 2. The van der Waals surface area contributed by atoms with Gasteiger partial charge in [0.25, 0.3) is 0 Å². The van der Waals surface area contributed by atoms with E-state index in [4.69, 9.17) is 9.47 Å². The lowest BCUT2D eigenvalue weighted by atomic mass is 10.0. The Kier molecular flexibility index (Phi) is 4.26. The smallest absolute Gasteiger partial charge is 0.232 e. The molecule has 0 saturated carbocycles. The van der Waals surface area contributed by atoms with Crippen molar-refractivity contribution >= 4 is 11.6 Å². The summed E-state index contributed by atoms with van der Waals surface area (Å²) in [4.78, 5) is 9.04. The predicted molar refractivity (Wildman–Crippen MR) is 110 cm³/mol. The number of pyridine rings is 1. The highest BCUT2D eigenvalue weighted by Crippen LogP contribution is 2.36. The van der Waals surface area contributed by atoms with Crippen molar-refractivity contribution in [3.05, 3.63) is 47.9 Å². The molecule has 8 heteroatoms. The zero-order valence-corrected chi connectivity index (χ0v) is 16.9. The van der Waals surface area contributed by atoms with E-state index in [1.807, 2.05) is 23.6 Å². The van der Waals surface area contributed by atoms with Gasteiger partial charge in [-0.15, -0.1) is 10.2 Å². The lowest BCUT2D eigenvalue weighted by molar-refractivity contribution is 0.292. The van der Waals surface area contributed by atoms with E-state index in [1.54, 1.807) is 13.3 Å². The number of ether oxygens (including phenoxy) is 2. The molecule has 1 fully saturated rings. The summed E-state index contributed by atoms with van der Waals surface area (Å²) in [5.41, 5.74) is 3.33. The van der Waals surface area contributed by atoms with Crippen molar-refractivity contribution in [3.8, 4) is 17.3 Å². The van der Waals surface area contributed by atoms with E-state index in [1.165, 1.54) is 11.3 Å². The van der Waals surface area contributed by atoms with Crippen LogP contribution in [0.1, 0.15) is 11.4 Å². The fourth-order valence-corrected chi connectivity index (χ4v) is 4.03. The van der Waals surface area contributed by atoms with Crippen LogP contribution in [0.4, 0.5) is 11.6 Å². The molecule has 0 spiro atoms. The zero-order chi connectivity index (χ0) is 20.0. The molecule has 0 aliphatic carbocycles. The van der Waals surface area contributed by atoms with E-state index in [0.717, 1.165) is 49.5 Å². The van der Waals surface area contributed by atoms with E-state index in [0.29, 0.717) is 11.9 Å². The van der Waals surface area contributed by atoms with E-state index < -0.39 is 0 Å². The maximum absolute atomic E-state index is 5.86. The average Bonchev–Trinajstić information content (AvgIpc) is 3.08. The first-order chi connectivity index (χ1) is 14.1. The molecule has 1 saturated heterocycles. The van der Waals surface area contributed by atoms with Crippen molar-refractivity contribution in [3.63, 3.8) is 0 Å². The number of fused-ring (bicyclic) bond motifs is 1. The van der Waals surface area contributed by atoms with Crippen molar-refractivity contribution < 1.29 is 9.47 Å². The van der Waals surface area contributed by atoms with E-state index in [-0.39, 0.29) is 0 Å². The number of methoxy groups -OCH3 is 1. The Bertz CT molecular complexity index is 1030. The second-order valence-corrected chi connectivity index (χ2v) is 7.51. The van der Waals surface area contributed by atoms with Crippen LogP contribution in [0.2, 0.25) is 0 Å². The lowest BCUT2D eigenvalue weighted by Crippen LogP contribution is -2.61. The van der Waals surface area contributed by atoms with E-state index in [2.05, 4.69) is 50.1 Å². The standard InChI is InChI=1S/C21H24N6O2/c1-14-4-6-18-19(10-14)29-9-8-26(18)17-12-25(13-17)21-24-23-15(2)27(21)16-5-7-20(28-3)22-11-16/h4-7,10-11,17H,8-9,12-13H2,1-3H3. The summed E-state index contributed by atoms with van der Waals surface area (Å²) in [5, 5.41) is 8.73. The normalized spacial score (nSPS) is 16.2. The molecule has 0 amide bonds. The van der Waals surface area contributed by atoms with Gasteiger partial charge in [-0.25, -0.2) is 4.98 Å². The summed E-state index contributed by atoms with van der Waals surface area (Å²) in [7, 11) is 1.61. The van der Waals surface area contributed by atoms with Gasteiger partial charge in [0.2, 0.25) is 11.8 Å². The van der Waals surface area contributed by atoms with Gasteiger partial charge >= 0.3 is 0 Å². The summed E-state index contributed by atoms with van der Waals surface area (Å²) < 4.78 is 13.1. The summed E-state index contributed by atoms with van der Waals surface area (Å²) in [5.74, 6) is 3.26. The molecule has 0 atom stereocenters. The molecule has 8 nitrogen and oxygen atoms in total. The van der Waals surface area contributed by atoms with Crippen molar-refractivity contribution in [2.75, 3.05) is 43.2 Å². The Morgan fingerprint density at radius 3 is 2.72 bits per heavy atom. The second-order valence-electron chi connectivity index (χ2n) is 7.51. The minimum atomic E-state index is 0.430. The number of benzene rings is 1. The molecule has 1 aromatic carbocycles. The maximum atomic E-state index is 5.86. The SMILES string of the molecule is COc1ccc(-n2c(C)nnc2N2CC(N3CCOc4cc(C)ccc43)C2)cn1. The molecule has 29 heavy (non-hydrogen) atoms. The largest absolute Gasteiger partial charge is 0.490 e. The van der Waals surface area contributed by atoms with Crippen molar-refractivity contribution in [2.24, 2.45) is 0 Å². The van der Waals surface area contributed by atoms with Crippen LogP contribution in [0, 0.1) is 13.8 Å². The fourth-order valence-electron chi connectivity index (χ4n) is 4.03. The number of hydrogen-bond acceptors (Lipinski definition) is 7. The number of nitrogens with zero attached hydrogens (tertiary/aromatic N) is 6. The van der Waals surface area contributed by atoms with Gasteiger partial charge in [0.15, 0.2) is 0 Å². The summed E-state index contributed by atoms with van der Waals surface area (Å²) in [6.07, 6.45) is 1.79. The number of aryl methyl sites for hydroxylation is 2. The third kappa shape index (κ3) is 3.04. The minimum absolute atomic E-state index is 0.430. The second kappa shape index (κ2) is 6.95. The Labute approximate surface area is 169 Å².